The molecule has 2 aliphatic heterocycles. The Bertz CT molecular complexity index is 2080. The number of amides is 1. The summed E-state index contributed by atoms with van der Waals surface area (Å²) in [4.78, 5) is 42.7. The Labute approximate surface area is 294 Å². The van der Waals surface area contributed by atoms with Gasteiger partial charge in [-0.25, -0.2) is 0 Å². The maximum absolute atomic E-state index is 13.9. The summed E-state index contributed by atoms with van der Waals surface area (Å²) in [7, 11) is -1.03. The molecule has 48 heavy (non-hydrogen) atoms. The summed E-state index contributed by atoms with van der Waals surface area (Å²) >= 11 is 8.86. The van der Waals surface area contributed by atoms with Gasteiger partial charge in [-0.3, -0.25) is 28.4 Å². The maximum atomic E-state index is 13.9. The van der Waals surface area contributed by atoms with Crippen LogP contribution in [0.3, 0.4) is 0 Å². The lowest BCUT2D eigenvalue weighted by molar-refractivity contribution is -0.140. The number of nitrogens with zero attached hydrogens (tertiary/aromatic N) is 3. The van der Waals surface area contributed by atoms with Crippen molar-refractivity contribution in [1.29, 1.82) is 0 Å². The van der Waals surface area contributed by atoms with Gasteiger partial charge in [0, 0.05) is 30.1 Å². The molecule has 1 saturated heterocycles. The van der Waals surface area contributed by atoms with Crippen LogP contribution >= 0.6 is 47.1 Å². The summed E-state index contributed by atoms with van der Waals surface area (Å²) in [5.74, 6) is -1.07. The van der Waals surface area contributed by atoms with E-state index in [2.05, 4.69) is 0 Å². The predicted octanol–water partition coefficient (Wildman–Crippen LogP) is 3.13. The molecule has 3 aromatic rings. The number of carbonyl (C=O) groups is 2. The van der Waals surface area contributed by atoms with Gasteiger partial charge in [0.15, 0.2) is 11.5 Å². The highest BCUT2D eigenvalue weighted by Crippen LogP contribution is 2.50. The number of unbranched alkanes of at least 4 members (excludes halogenated alkanes) is 1. The molecular weight excluding hydrogens is 719 g/mol. The predicted molar refractivity (Wildman–Crippen MR) is 192 cm³/mol. The highest BCUT2D eigenvalue weighted by molar-refractivity contribution is 8.30. The number of carbonyl (C=O) groups excluding carboxylic acids is 1. The molecule has 0 saturated carbocycles. The maximum Gasteiger partial charge on any atom is 0.323 e. The zero-order valence-electron chi connectivity index (χ0n) is 25.8. The van der Waals surface area contributed by atoms with Gasteiger partial charge in [0.25, 0.3) is 21.6 Å². The van der Waals surface area contributed by atoms with E-state index in [1.807, 2.05) is 47.4 Å². The van der Waals surface area contributed by atoms with Crippen molar-refractivity contribution >= 4 is 90.1 Å². The molecule has 1 fully saturated rings. The number of benzene rings is 2. The van der Waals surface area contributed by atoms with Crippen LogP contribution in [0.25, 0.3) is 11.0 Å². The van der Waals surface area contributed by atoms with Crippen LogP contribution in [0.5, 0.6) is 11.5 Å². The van der Waals surface area contributed by atoms with E-state index in [-0.39, 0.29) is 33.5 Å². The molecule has 5 rings (SSSR count). The lowest BCUT2D eigenvalue weighted by Crippen LogP contribution is -2.36. The van der Waals surface area contributed by atoms with Crippen LogP contribution in [0.15, 0.2) is 63.3 Å². The van der Waals surface area contributed by atoms with Gasteiger partial charge >= 0.3 is 5.97 Å². The zero-order valence-corrected chi connectivity index (χ0v) is 29.9. The Balaban J connectivity index is 1.57. The topological polar surface area (TPSA) is 156 Å². The van der Waals surface area contributed by atoms with Crippen LogP contribution in [-0.4, -0.2) is 76.8 Å². The standard InChI is InChI=1S/C31H31N3O9S5/c1-42-21-16-20-24(17-22(21)43-2)45-25(32(20)13-6-7-15-48(39,40)41)11-10-23-28(37)33(14-12-19-8-4-3-5-9-19)30(46-23)27-29(38)34(18-26(35)36)31(44)47-27/h3-5,8-11,16-17H,6-7,12-15,18H2,1-2H3,(H,35,36)(H,39,40,41)/b23-10-,25-11+,30-27+. The van der Waals surface area contributed by atoms with Gasteiger partial charge in [-0.15, -0.1) is 11.3 Å². The number of hydrogen-bond acceptors (Lipinski definition) is 12. The number of aromatic nitrogens is 1. The van der Waals surface area contributed by atoms with E-state index >= 15 is 0 Å². The van der Waals surface area contributed by atoms with E-state index in [9.17, 15) is 32.5 Å². The van der Waals surface area contributed by atoms with Crippen molar-refractivity contribution in [1.82, 2.24) is 9.47 Å². The SMILES string of the molecule is COc1cc2c(cc1OC)N(CCCCS(=O)(=O)O)/C(=C\C=c1/s/c(=C3/SC(=S)N(CC(=O)O)C3=O)n(CCc3ccccc3)c1=O)S2. The molecule has 0 spiro atoms. The molecule has 1 aromatic heterocycles. The molecule has 0 radical (unpaired) electrons. The number of thiocarbonyl (C=S) groups is 1. The number of aliphatic carboxylic acids is 1. The van der Waals surface area contributed by atoms with Crippen molar-refractivity contribution < 1.29 is 37.1 Å². The summed E-state index contributed by atoms with van der Waals surface area (Å²) in [6.07, 6.45) is 4.69. The number of fused-ring (bicyclic) bond motifs is 1. The second-order valence-electron chi connectivity index (χ2n) is 10.5. The van der Waals surface area contributed by atoms with Crippen molar-refractivity contribution in [2.75, 3.05) is 38.0 Å². The first kappa shape index (κ1) is 35.7. The Morgan fingerprint density at radius 2 is 1.69 bits per heavy atom. The molecule has 1 amide bonds. The number of hydrogen-bond donors (Lipinski definition) is 2. The summed E-state index contributed by atoms with van der Waals surface area (Å²) in [5.41, 5.74) is 1.50. The number of thiazole rings is 1. The van der Waals surface area contributed by atoms with Gasteiger partial charge in [-0.1, -0.05) is 66.1 Å². The lowest BCUT2D eigenvalue weighted by Gasteiger charge is -2.21. The van der Waals surface area contributed by atoms with Crippen LogP contribution in [0.4, 0.5) is 5.69 Å². The number of ether oxygens (including phenoxy) is 2. The number of thioether (sulfide) groups is 2. The summed E-state index contributed by atoms with van der Waals surface area (Å²) in [5, 5.41) is 10.1. The van der Waals surface area contributed by atoms with Crippen LogP contribution < -0.4 is 29.1 Å². The molecule has 0 aliphatic carbocycles. The monoisotopic (exact) mass is 749 g/mol. The van der Waals surface area contributed by atoms with Gasteiger partial charge in [-0.05, 0) is 37.0 Å². The van der Waals surface area contributed by atoms with Gasteiger partial charge in [0.05, 0.1) is 35.2 Å². The third-order valence-electron chi connectivity index (χ3n) is 7.36. The van der Waals surface area contributed by atoms with Gasteiger partial charge in [0.2, 0.25) is 0 Å². The number of carboxylic acid groups (broad SMARTS) is 1. The quantitative estimate of drug-likeness (QED) is 0.150. The largest absolute Gasteiger partial charge is 0.493 e. The first-order valence-corrected chi connectivity index (χ1v) is 19.0. The molecule has 0 unspecified atom stereocenters. The molecule has 3 heterocycles. The van der Waals surface area contributed by atoms with E-state index in [1.165, 1.54) is 30.5 Å². The molecule has 2 N–H and O–H groups in total. The molecular formula is C31H31N3O9S5. The van der Waals surface area contributed by atoms with Crippen LogP contribution in [0.2, 0.25) is 0 Å². The Morgan fingerprint density at radius 1 is 0.979 bits per heavy atom. The summed E-state index contributed by atoms with van der Waals surface area (Å²) in [6, 6.07) is 13.3. The first-order valence-electron chi connectivity index (χ1n) is 14.5. The van der Waals surface area contributed by atoms with Crippen LogP contribution in [0, 0.1) is 0 Å². The average molecular weight is 750 g/mol. The zero-order chi connectivity index (χ0) is 34.6. The van der Waals surface area contributed by atoms with E-state index < -0.39 is 28.5 Å². The average Bonchev–Trinajstić information content (AvgIpc) is 3.65. The fourth-order valence-electron chi connectivity index (χ4n) is 5.07. The van der Waals surface area contributed by atoms with Crippen molar-refractivity contribution in [3.63, 3.8) is 0 Å². The number of carboxylic acids is 1. The fourth-order valence-corrected chi connectivity index (χ4v) is 9.22. The second kappa shape index (κ2) is 15.3. The van der Waals surface area contributed by atoms with Crippen LogP contribution in [-0.2, 0) is 32.7 Å². The molecule has 17 heteroatoms. The number of methoxy groups -OCH3 is 2. The molecule has 0 bridgehead atoms. The van der Waals surface area contributed by atoms with E-state index in [0.717, 1.165) is 49.2 Å². The van der Waals surface area contributed by atoms with Crippen molar-refractivity contribution in [3.8, 4) is 11.5 Å². The number of anilines is 1. The highest BCUT2D eigenvalue weighted by Gasteiger charge is 2.35. The summed E-state index contributed by atoms with van der Waals surface area (Å²) in [6.45, 7) is 0.121. The molecule has 2 aromatic carbocycles. The summed E-state index contributed by atoms with van der Waals surface area (Å²) < 4.78 is 45.1. The minimum Gasteiger partial charge on any atom is -0.493 e. The Morgan fingerprint density at radius 3 is 2.35 bits per heavy atom. The van der Waals surface area contributed by atoms with Gasteiger partial charge < -0.3 is 19.5 Å². The first-order chi connectivity index (χ1) is 22.9. The lowest BCUT2D eigenvalue weighted by atomic mass is 10.1. The number of aryl methyl sites for hydroxylation is 1. The Kier molecular flexibility index (Phi) is 11.4. The van der Waals surface area contributed by atoms with E-state index in [1.54, 1.807) is 12.2 Å². The third-order valence-corrected chi connectivity index (χ3v) is 12.0. The van der Waals surface area contributed by atoms with E-state index in [4.69, 9.17) is 21.7 Å². The minimum absolute atomic E-state index is 0.108. The van der Waals surface area contributed by atoms with Crippen molar-refractivity contribution in [2.24, 2.45) is 0 Å². The molecule has 2 aliphatic rings. The van der Waals surface area contributed by atoms with E-state index in [0.29, 0.717) is 40.1 Å². The normalized spacial score (nSPS) is 17.1. The molecule has 12 nitrogen and oxygen atoms in total. The number of rotatable bonds is 13. The Hall–Kier alpha value is -3.61. The van der Waals surface area contributed by atoms with Gasteiger partial charge in [0.1, 0.15) is 20.4 Å². The second-order valence-corrected chi connectivity index (χ2v) is 15.8. The number of allylic oxidation sites excluding steroid dienone is 1. The molecule has 254 valence electrons. The van der Waals surface area contributed by atoms with Crippen LogP contribution in [0.1, 0.15) is 18.4 Å². The smallest absolute Gasteiger partial charge is 0.323 e. The highest BCUT2D eigenvalue weighted by atomic mass is 32.2. The van der Waals surface area contributed by atoms with Gasteiger partial charge in [-0.2, -0.15) is 8.42 Å². The fraction of sp³-hybridized carbons (Fsp3) is 0.290. The third kappa shape index (κ3) is 8.15. The van der Waals surface area contributed by atoms with Crippen molar-refractivity contribution in [3.05, 3.63) is 78.7 Å². The minimum atomic E-state index is -4.10. The molecule has 0 atom stereocenters. The van der Waals surface area contributed by atoms with Crippen molar-refractivity contribution in [2.45, 2.75) is 30.7 Å².